The summed E-state index contributed by atoms with van der Waals surface area (Å²) in [4.78, 5) is 6.49. The van der Waals surface area contributed by atoms with E-state index in [-0.39, 0.29) is 0 Å². The van der Waals surface area contributed by atoms with Crippen LogP contribution >= 0.6 is 11.6 Å². The van der Waals surface area contributed by atoms with Crippen LogP contribution < -0.4 is 4.90 Å². The monoisotopic (exact) mass is 247 g/mol. The summed E-state index contributed by atoms with van der Waals surface area (Å²) < 4.78 is 2.03. The Labute approximate surface area is 106 Å². The maximum atomic E-state index is 6.11. The summed E-state index contributed by atoms with van der Waals surface area (Å²) in [6.07, 6.45) is 8.10. The number of aromatic nitrogens is 2. The molecule has 0 bridgehead atoms. The van der Waals surface area contributed by atoms with Crippen molar-refractivity contribution in [2.75, 3.05) is 18.0 Å². The fraction of sp³-hybridized carbons (Fsp3) is 0.308. The van der Waals surface area contributed by atoms with Gasteiger partial charge in [-0.15, -0.1) is 0 Å². The Morgan fingerprint density at radius 2 is 1.94 bits per heavy atom. The fourth-order valence-electron chi connectivity index (χ4n) is 2.33. The predicted octanol–water partition coefficient (Wildman–Crippen LogP) is 3.13. The number of anilines is 1. The van der Waals surface area contributed by atoms with Crippen molar-refractivity contribution >= 4 is 17.3 Å². The molecular weight excluding hydrogens is 234 g/mol. The molecule has 1 aromatic carbocycles. The van der Waals surface area contributed by atoms with Gasteiger partial charge in [0.15, 0.2) is 0 Å². The molecule has 17 heavy (non-hydrogen) atoms. The van der Waals surface area contributed by atoms with E-state index in [1.165, 1.54) is 18.5 Å². The third kappa shape index (κ3) is 2.03. The van der Waals surface area contributed by atoms with E-state index in [4.69, 9.17) is 11.6 Å². The van der Waals surface area contributed by atoms with E-state index in [9.17, 15) is 0 Å². The van der Waals surface area contributed by atoms with Gasteiger partial charge >= 0.3 is 0 Å². The van der Waals surface area contributed by atoms with Crippen LogP contribution in [0.5, 0.6) is 0 Å². The zero-order valence-electron chi connectivity index (χ0n) is 9.51. The van der Waals surface area contributed by atoms with Crippen LogP contribution in [0.4, 0.5) is 5.69 Å². The zero-order valence-corrected chi connectivity index (χ0v) is 10.3. The SMILES string of the molecule is Clc1ccc(-n2ccnc2)c(N2CCCC2)c1. The van der Waals surface area contributed by atoms with Gasteiger partial charge in [0.2, 0.25) is 0 Å². The lowest BCUT2D eigenvalue weighted by molar-refractivity contribution is 0.944. The fourth-order valence-corrected chi connectivity index (χ4v) is 2.49. The number of nitrogens with zero attached hydrogens (tertiary/aromatic N) is 3. The van der Waals surface area contributed by atoms with Gasteiger partial charge in [0.05, 0.1) is 17.7 Å². The highest BCUT2D eigenvalue weighted by Crippen LogP contribution is 2.30. The molecule has 1 aromatic heterocycles. The summed E-state index contributed by atoms with van der Waals surface area (Å²) >= 11 is 6.11. The van der Waals surface area contributed by atoms with Crippen LogP contribution in [-0.4, -0.2) is 22.6 Å². The van der Waals surface area contributed by atoms with Crippen molar-refractivity contribution in [3.8, 4) is 5.69 Å². The Morgan fingerprint density at radius 1 is 1.12 bits per heavy atom. The number of benzene rings is 1. The van der Waals surface area contributed by atoms with Crippen LogP contribution in [-0.2, 0) is 0 Å². The van der Waals surface area contributed by atoms with Crippen LogP contribution in [0.25, 0.3) is 5.69 Å². The summed E-state index contributed by atoms with van der Waals surface area (Å²) in [6, 6.07) is 6.02. The molecule has 0 radical (unpaired) electrons. The molecule has 0 aliphatic carbocycles. The molecule has 0 spiro atoms. The quantitative estimate of drug-likeness (QED) is 0.813. The Kier molecular flexibility index (Phi) is 2.77. The summed E-state index contributed by atoms with van der Waals surface area (Å²) in [5, 5.41) is 0.788. The molecule has 2 aromatic rings. The first-order valence-electron chi connectivity index (χ1n) is 5.87. The summed E-state index contributed by atoms with van der Waals surface area (Å²) in [7, 11) is 0. The largest absolute Gasteiger partial charge is 0.370 e. The highest BCUT2D eigenvalue weighted by Gasteiger charge is 2.16. The summed E-state index contributed by atoms with van der Waals surface area (Å²) in [6.45, 7) is 2.23. The number of hydrogen-bond donors (Lipinski definition) is 0. The Bertz CT molecular complexity index is 501. The average Bonchev–Trinajstić information content (AvgIpc) is 3.02. The molecule has 0 unspecified atom stereocenters. The minimum Gasteiger partial charge on any atom is -0.370 e. The van der Waals surface area contributed by atoms with E-state index in [1.54, 1.807) is 6.20 Å². The molecule has 1 aliphatic heterocycles. The molecule has 4 heteroatoms. The highest BCUT2D eigenvalue weighted by molar-refractivity contribution is 6.31. The van der Waals surface area contributed by atoms with E-state index < -0.39 is 0 Å². The van der Waals surface area contributed by atoms with Gasteiger partial charge in [0.1, 0.15) is 0 Å². The van der Waals surface area contributed by atoms with Crippen molar-refractivity contribution < 1.29 is 0 Å². The minimum absolute atomic E-state index is 0.788. The molecular formula is C13H14ClN3. The molecule has 1 saturated heterocycles. The molecule has 1 aliphatic rings. The van der Waals surface area contributed by atoms with Gasteiger partial charge in [0, 0.05) is 30.5 Å². The van der Waals surface area contributed by atoms with Crippen molar-refractivity contribution in [3.63, 3.8) is 0 Å². The second-order valence-electron chi connectivity index (χ2n) is 4.30. The molecule has 0 saturated carbocycles. The Hall–Kier alpha value is -1.48. The van der Waals surface area contributed by atoms with Crippen molar-refractivity contribution in [1.82, 2.24) is 9.55 Å². The first-order valence-corrected chi connectivity index (χ1v) is 6.25. The zero-order chi connectivity index (χ0) is 11.7. The Morgan fingerprint density at radius 3 is 2.65 bits per heavy atom. The van der Waals surface area contributed by atoms with Gasteiger partial charge in [0.25, 0.3) is 0 Å². The van der Waals surface area contributed by atoms with Crippen molar-refractivity contribution in [2.45, 2.75) is 12.8 Å². The molecule has 1 fully saturated rings. The third-order valence-corrected chi connectivity index (χ3v) is 3.40. The van der Waals surface area contributed by atoms with E-state index >= 15 is 0 Å². The molecule has 0 amide bonds. The molecule has 2 heterocycles. The molecule has 0 N–H and O–H groups in total. The van der Waals surface area contributed by atoms with Crippen molar-refractivity contribution in [3.05, 3.63) is 41.9 Å². The maximum Gasteiger partial charge on any atom is 0.0992 e. The van der Waals surface area contributed by atoms with Crippen LogP contribution in [0, 0.1) is 0 Å². The van der Waals surface area contributed by atoms with Gasteiger partial charge in [-0.05, 0) is 31.0 Å². The van der Waals surface area contributed by atoms with E-state index in [1.807, 2.05) is 29.2 Å². The van der Waals surface area contributed by atoms with Crippen LogP contribution in [0.2, 0.25) is 5.02 Å². The molecule has 3 nitrogen and oxygen atoms in total. The van der Waals surface area contributed by atoms with E-state index in [2.05, 4.69) is 16.0 Å². The van der Waals surface area contributed by atoms with Crippen LogP contribution in [0.15, 0.2) is 36.9 Å². The lowest BCUT2D eigenvalue weighted by Crippen LogP contribution is -2.19. The lowest BCUT2D eigenvalue weighted by Gasteiger charge is -2.21. The lowest BCUT2D eigenvalue weighted by atomic mass is 10.2. The van der Waals surface area contributed by atoms with E-state index in [0.717, 1.165) is 23.8 Å². The highest BCUT2D eigenvalue weighted by atomic mass is 35.5. The second-order valence-corrected chi connectivity index (χ2v) is 4.73. The molecule has 3 rings (SSSR count). The Balaban J connectivity index is 2.07. The second kappa shape index (κ2) is 4.41. The predicted molar refractivity (Wildman–Crippen MR) is 70.0 cm³/mol. The normalized spacial score (nSPS) is 15.5. The van der Waals surface area contributed by atoms with Gasteiger partial charge in [-0.2, -0.15) is 0 Å². The topological polar surface area (TPSA) is 21.1 Å². The van der Waals surface area contributed by atoms with Crippen molar-refractivity contribution in [1.29, 1.82) is 0 Å². The van der Waals surface area contributed by atoms with Crippen molar-refractivity contribution in [2.24, 2.45) is 0 Å². The van der Waals surface area contributed by atoms with Crippen LogP contribution in [0.1, 0.15) is 12.8 Å². The van der Waals surface area contributed by atoms with E-state index in [0.29, 0.717) is 0 Å². The van der Waals surface area contributed by atoms with Gasteiger partial charge in [-0.25, -0.2) is 4.98 Å². The minimum atomic E-state index is 0.788. The number of hydrogen-bond acceptors (Lipinski definition) is 2. The summed E-state index contributed by atoms with van der Waals surface area (Å²) in [5.41, 5.74) is 2.35. The number of halogens is 1. The first-order chi connectivity index (χ1) is 8.34. The van der Waals surface area contributed by atoms with Gasteiger partial charge in [-0.1, -0.05) is 11.6 Å². The third-order valence-electron chi connectivity index (χ3n) is 3.17. The number of imidazole rings is 1. The van der Waals surface area contributed by atoms with Crippen LogP contribution in [0.3, 0.4) is 0 Å². The number of rotatable bonds is 2. The summed E-state index contributed by atoms with van der Waals surface area (Å²) in [5.74, 6) is 0. The molecule has 0 atom stereocenters. The first kappa shape index (κ1) is 10.7. The van der Waals surface area contributed by atoms with Gasteiger partial charge in [-0.3, -0.25) is 0 Å². The maximum absolute atomic E-state index is 6.11. The molecule has 88 valence electrons. The average molecular weight is 248 g/mol. The smallest absolute Gasteiger partial charge is 0.0992 e. The van der Waals surface area contributed by atoms with Gasteiger partial charge < -0.3 is 9.47 Å². The standard InChI is InChI=1S/C13H14ClN3/c14-11-3-4-12(17-8-5-15-10-17)13(9-11)16-6-1-2-7-16/h3-5,8-10H,1-2,6-7H2.